The van der Waals surface area contributed by atoms with Crippen LogP contribution in [0.4, 0.5) is 0 Å². The van der Waals surface area contributed by atoms with E-state index in [1.807, 2.05) is 72.8 Å². The minimum Gasteiger partial charge on any atom is -0.496 e. The smallest absolute Gasteiger partial charge is 0.126 e. The fourth-order valence-electron chi connectivity index (χ4n) is 11.7. The Morgan fingerprint density at radius 3 is 0.500 bits per heavy atom. The van der Waals surface area contributed by atoms with E-state index in [-0.39, 0.29) is 0 Å². The molecule has 0 fully saturated rings. The van der Waals surface area contributed by atoms with E-state index in [4.69, 9.17) is 75.8 Å². The Bertz CT molecular complexity index is 2950. The van der Waals surface area contributed by atoms with E-state index in [1.165, 1.54) is 0 Å². The van der Waals surface area contributed by atoms with Crippen molar-refractivity contribution in [1.82, 2.24) is 0 Å². The molecule has 0 unspecified atom stereocenters. The first-order valence-corrected chi connectivity index (χ1v) is 29.0. The molecule has 8 bridgehead atoms. The second kappa shape index (κ2) is 30.7. The summed E-state index contributed by atoms with van der Waals surface area (Å²) in [5.74, 6) is 4.82. The molecule has 464 valence electrons. The summed E-state index contributed by atoms with van der Waals surface area (Å²) in [6.45, 7) is 3.20. The molecule has 16 nitrogen and oxygen atoms in total. The lowest BCUT2D eigenvalue weighted by Crippen LogP contribution is -2.16. The normalized spacial score (nSPS) is 15.1. The molecule has 1 aliphatic carbocycles. The van der Waals surface area contributed by atoms with Gasteiger partial charge in [-0.2, -0.15) is 0 Å². The van der Waals surface area contributed by atoms with Gasteiger partial charge in [-0.1, -0.05) is 48.5 Å². The van der Waals surface area contributed by atoms with Crippen molar-refractivity contribution in [3.05, 3.63) is 212 Å². The molecule has 1 aliphatic rings. The SMILES string of the molecule is COCCOc1ccc(C2c3cc(c(OC)cc3OC)C(c3ccc(OCCOC)cc3)c3cc(c(OC)cc3OC)C(c3ccc(OCCOC)cc3)c3cc(c(OC)cc3OC)C(c3ccc(OCCOC)cc3)c3cc2c(OC)cc3OC)cc1. The molecule has 8 aromatic carbocycles. The summed E-state index contributed by atoms with van der Waals surface area (Å²) in [7, 11) is 20.0. The van der Waals surface area contributed by atoms with Crippen molar-refractivity contribution < 1.29 is 75.8 Å². The number of rotatable bonds is 28. The van der Waals surface area contributed by atoms with Crippen LogP contribution >= 0.6 is 0 Å². The van der Waals surface area contributed by atoms with Crippen molar-refractivity contribution in [2.75, 3.05) is 138 Å². The van der Waals surface area contributed by atoms with Crippen LogP contribution in [0, 0.1) is 0 Å². The van der Waals surface area contributed by atoms with Crippen LogP contribution in [-0.4, -0.2) is 138 Å². The molecule has 88 heavy (non-hydrogen) atoms. The molecule has 0 aliphatic heterocycles. The van der Waals surface area contributed by atoms with E-state index >= 15 is 0 Å². The average molecular weight is 1200 g/mol. The first kappa shape index (κ1) is 63.7. The van der Waals surface area contributed by atoms with Crippen LogP contribution < -0.4 is 56.8 Å². The lowest BCUT2D eigenvalue weighted by atomic mass is 9.75. The molecule has 8 aromatic rings. The molecule has 0 aromatic heterocycles. The van der Waals surface area contributed by atoms with Crippen molar-refractivity contribution in [2.24, 2.45) is 0 Å². The molecule has 0 radical (unpaired) electrons. The Morgan fingerprint density at radius 2 is 0.364 bits per heavy atom. The van der Waals surface area contributed by atoms with E-state index < -0.39 is 23.7 Å². The molecule has 0 saturated heterocycles. The van der Waals surface area contributed by atoms with E-state index in [9.17, 15) is 0 Å². The van der Waals surface area contributed by atoms with Gasteiger partial charge >= 0.3 is 0 Å². The lowest BCUT2D eigenvalue weighted by molar-refractivity contribution is 0.146. The Hall–Kier alpha value is -8.80. The Labute approximate surface area is 516 Å². The summed E-state index contributed by atoms with van der Waals surface area (Å²) in [5.41, 5.74) is 10.0. The van der Waals surface area contributed by atoms with Gasteiger partial charge in [-0.25, -0.2) is 0 Å². The third-order valence-corrected chi connectivity index (χ3v) is 15.9. The fourth-order valence-corrected chi connectivity index (χ4v) is 11.7. The van der Waals surface area contributed by atoms with Gasteiger partial charge in [0.15, 0.2) is 0 Å². The van der Waals surface area contributed by atoms with Gasteiger partial charge in [0, 0.05) is 121 Å². The van der Waals surface area contributed by atoms with Crippen LogP contribution in [0.2, 0.25) is 0 Å². The van der Waals surface area contributed by atoms with Gasteiger partial charge in [-0.05, 0) is 95.1 Å². The molecular weight excluding hydrogens is 1120 g/mol. The first-order chi connectivity index (χ1) is 43.1. The molecular formula is C72H80O16. The summed E-state index contributed by atoms with van der Waals surface area (Å²) >= 11 is 0. The Kier molecular flexibility index (Phi) is 22.2. The number of methoxy groups -OCH3 is 12. The summed E-state index contributed by atoms with van der Waals surface area (Å²) in [4.78, 5) is 0. The summed E-state index contributed by atoms with van der Waals surface area (Å²) < 4.78 is 98.3. The van der Waals surface area contributed by atoms with Crippen molar-refractivity contribution in [3.63, 3.8) is 0 Å². The van der Waals surface area contributed by atoms with Crippen LogP contribution in [0.1, 0.15) is 90.4 Å². The maximum atomic E-state index is 6.53. The second-order valence-electron chi connectivity index (χ2n) is 20.7. The summed E-state index contributed by atoms with van der Waals surface area (Å²) in [5, 5.41) is 0. The average Bonchev–Trinajstić information content (AvgIpc) is 1.01. The van der Waals surface area contributed by atoms with E-state index in [1.54, 1.807) is 85.3 Å². The zero-order valence-corrected chi connectivity index (χ0v) is 52.4. The number of hydrogen-bond donors (Lipinski definition) is 0. The number of ether oxygens (including phenoxy) is 16. The topological polar surface area (TPSA) is 148 Å². The highest BCUT2D eigenvalue weighted by Gasteiger charge is 2.37. The third-order valence-electron chi connectivity index (χ3n) is 15.9. The van der Waals surface area contributed by atoms with Gasteiger partial charge in [0.25, 0.3) is 0 Å². The third kappa shape index (κ3) is 14.0. The van der Waals surface area contributed by atoms with Gasteiger partial charge in [-0.15, -0.1) is 0 Å². The first-order valence-electron chi connectivity index (χ1n) is 29.0. The number of hydrogen-bond acceptors (Lipinski definition) is 16. The molecule has 0 saturated carbocycles. The monoisotopic (exact) mass is 1200 g/mol. The predicted molar refractivity (Wildman–Crippen MR) is 337 cm³/mol. The molecule has 9 rings (SSSR count). The van der Waals surface area contributed by atoms with Crippen molar-refractivity contribution in [1.29, 1.82) is 0 Å². The molecule has 0 atom stereocenters. The predicted octanol–water partition coefficient (Wildman–Crippen LogP) is 12.9. The lowest BCUT2D eigenvalue weighted by Gasteiger charge is -2.32. The van der Waals surface area contributed by atoms with Crippen molar-refractivity contribution >= 4 is 0 Å². The quantitative estimate of drug-likeness (QED) is 0.0428. The van der Waals surface area contributed by atoms with E-state index in [0.717, 1.165) is 66.8 Å². The molecule has 0 amide bonds. The molecule has 0 heterocycles. The minimum absolute atomic E-state index is 0.373. The van der Waals surface area contributed by atoms with E-state index in [0.29, 0.717) is 122 Å². The highest BCUT2D eigenvalue weighted by atomic mass is 16.5. The number of benzene rings is 8. The van der Waals surface area contributed by atoms with Crippen molar-refractivity contribution in [3.8, 4) is 69.0 Å². The summed E-state index contributed by atoms with van der Waals surface area (Å²) in [6.07, 6.45) is 0. The van der Waals surface area contributed by atoms with Gasteiger partial charge < -0.3 is 75.8 Å². The van der Waals surface area contributed by atoms with Crippen LogP contribution in [-0.2, 0) is 18.9 Å². The van der Waals surface area contributed by atoms with Crippen molar-refractivity contribution in [2.45, 2.75) is 23.7 Å². The second-order valence-corrected chi connectivity index (χ2v) is 20.7. The fraction of sp³-hybridized carbons (Fsp3) is 0.333. The number of fused-ring (bicyclic) bond motifs is 8. The Balaban J connectivity index is 1.48. The van der Waals surface area contributed by atoms with E-state index in [2.05, 4.69) is 72.8 Å². The maximum Gasteiger partial charge on any atom is 0.126 e. The molecule has 16 heteroatoms. The Morgan fingerprint density at radius 1 is 0.205 bits per heavy atom. The summed E-state index contributed by atoms with van der Waals surface area (Å²) in [6, 6.07) is 49.0. The standard InChI is InChI=1S/C72H80O16/c1-73-29-33-85-49-21-13-45(14-22-49)69-53-37-55(63(79-7)41-61(53)77-5)70(46-15-23-50(24-16-46)86-34-30-74-2)57-39-59(67(83-11)43-65(57)81-9)72(48-19-27-52(28-20-48)88-36-32-76-4)60-40-58(66(82-10)44-68(60)84-12)71(47-17-25-51(26-18-47)87-35-31-75-3)56-38-54(69)62(78-6)42-64(56)80-8/h13-28,37-44,69-72H,29-36H2,1-12H3. The van der Waals surface area contributed by atoms with Gasteiger partial charge in [-0.3, -0.25) is 0 Å². The van der Waals surface area contributed by atoms with Gasteiger partial charge in [0.1, 0.15) is 95.4 Å². The van der Waals surface area contributed by atoms with Crippen LogP contribution in [0.15, 0.2) is 146 Å². The largest absolute Gasteiger partial charge is 0.496 e. The minimum atomic E-state index is -0.595. The highest BCUT2D eigenvalue weighted by molar-refractivity contribution is 5.68. The van der Waals surface area contributed by atoms with Crippen LogP contribution in [0.5, 0.6) is 69.0 Å². The molecule has 0 spiro atoms. The molecule has 0 N–H and O–H groups in total. The zero-order valence-electron chi connectivity index (χ0n) is 52.4. The van der Waals surface area contributed by atoms with Gasteiger partial charge in [0.2, 0.25) is 0 Å². The van der Waals surface area contributed by atoms with Crippen LogP contribution in [0.3, 0.4) is 0 Å². The van der Waals surface area contributed by atoms with Gasteiger partial charge in [0.05, 0.1) is 83.3 Å². The maximum absolute atomic E-state index is 6.53. The van der Waals surface area contributed by atoms with Crippen LogP contribution in [0.25, 0.3) is 0 Å². The zero-order chi connectivity index (χ0) is 62.1. The highest BCUT2D eigenvalue weighted by Crippen LogP contribution is 2.55.